The number of ether oxygens (including phenoxy) is 1. The van der Waals surface area contributed by atoms with Gasteiger partial charge in [0.2, 0.25) is 5.91 Å². The second-order valence-corrected chi connectivity index (χ2v) is 8.87. The summed E-state index contributed by atoms with van der Waals surface area (Å²) in [5.74, 6) is 0.602. The summed E-state index contributed by atoms with van der Waals surface area (Å²) in [6.45, 7) is 4.88. The molecule has 2 fully saturated rings. The molecule has 29 heavy (non-hydrogen) atoms. The van der Waals surface area contributed by atoms with E-state index >= 15 is 0 Å². The largest absolute Gasteiger partial charge is 0.375 e. The summed E-state index contributed by atoms with van der Waals surface area (Å²) in [6.07, 6.45) is 2.08. The van der Waals surface area contributed by atoms with Crippen molar-refractivity contribution >= 4 is 17.5 Å². The van der Waals surface area contributed by atoms with Gasteiger partial charge < -0.3 is 9.64 Å². The molecule has 0 N–H and O–H groups in total. The molecule has 4 rings (SSSR count). The van der Waals surface area contributed by atoms with Gasteiger partial charge in [0, 0.05) is 50.8 Å². The maximum absolute atomic E-state index is 12.3. The average molecular weight is 413 g/mol. The minimum atomic E-state index is 0.106. The Kier molecular flexibility index (Phi) is 6.23. The molecule has 154 valence electrons. The molecular weight excluding hydrogens is 384 g/mol. The van der Waals surface area contributed by atoms with Gasteiger partial charge in [0.15, 0.2) is 0 Å². The van der Waals surface area contributed by atoms with Crippen molar-refractivity contribution in [2.24, 2.45) is 5.41 Å². The van der Waals surface area contributed by atoms with Crippen molar-refractivity contribution in [1.82, 2.24) is 9.80 Å². The van der Waals surface area contributed by atoms with Gasteiger partial charge in [0.05, 0.1) is 0 Å². The van der Waals surface area contributed by atoms with Gasteiger partial charge in [-0.1, -0.05) is 54.1 Å². The number of hydrogen-bond donors (Lipinski definition) is 0. The molecule has 2 heterocycles. The van der Waals surface area contributed by atoms with E-state index in [0.717, 1.165) is 50.6 Å². The predicted molar refractivity (Wildman–Crippen MR) is 116 cm³/mol. The molecule has 1 atom stereocenters. The van der Waals surface area contributed by atoms with Crippen molar-refractivity contribution in [2.45, 2.75) is 25.3 Å². The van der Waals surface area contributed by atoms with E-state index in [9.17, 15) is 4.79 Å². The number of carbonyl (C=O) groups is 1. The topological polar surface area (TPSA) is 32.8 Å². The fraction of sp³-hybridized carbons (Fsp3) is 0.458. The molecule has 2 aliphatic rings. The lowest BCUT2D eigenvalue weighted by atomic mass is 9.68. The first-order valence-corrected chi connectivity index (χ1v) is 10.8. The molecule has 2 aromatic carbocycles. The van der Waals surface area contributed by atoms with E-state index in [-0.39, 0.29) is 17.9 Å². The van der Waals surface area contributed by atoms with E-state index in [4.69, 9.17) is 16.3 Å². The van der Waals surface area contributed by atoms with Crippen LogP contribution in [0.3, 0.4) is 0 Å². The van der Waals surface area contributed by atoms with Crippen LogP contribution >= 0.6 is 11.6 Å². The van der Waals surface area contributed by atoms with E-state index < -0.39 is 0 Å². The number of carbonyl (C=O) groups excluding carboxylic acids is 1. The summed E-state index contributed by atoms with van der Waals surface area (Å²) >= 11 is 6.06. The Morgan fingerprint density at radius 1 is 1.10 bits per heavy atom. The molecule has 0 radical (unpaired) electrons. The number of likely N-dealkylation sites (tertiary alicyclic amines) is 2. The Morgan fingerprint density at radius 3 is 2.45 bits per heavy atom. The van der Waals surface area contributed by atoms with Gasteiger partial charge in [0.1, 0.15) is 6.61 Å². The summed E-state index contributed by atoms with van der Waals surface area (Å²) < 4.78 is 5.05. The summed E-state index contributed by atoms with van der Waals surface area (Å²) in [5.41, 5.74) is 2.94. The third-order valence-electron chi connectivity index (χ3n) is 6.62. The van der Waals surface area contributed by atoms with E-state index in [1.54, 1.807) is 7.11 Å². The van der Waals surface area contributed by atoms with Crippen LogP contribution in [0.4, 0.5) is 0 Å². The zero-order valence-electron chi connectivity index (χ0n) is 17.0. The van der Waals surface area contributed by atoms with Crippen LogP contribution in [0.25, 0.3) is 0 Å². The van der Waals surface area contributed by atoms with Gasteiger partial charge >= 0.3 is 0 Å². The molecule has 1 amide bonds. The Hall–Kier alpha value is -1.88. The first-order valence-electron chi connectivity index (χ1n) is 10.4. The number of methoxy groups -OCH3 is 1. The van der Waals surface area contributed by atoms with Gasteiger partial charge in [-0.05, 0) is 41.5 Å². The number of piperidine rings is 1. The van der Waals surface area contributed by atoms with Crippen molar-refractivity contribution in [3.63, 3.8) is 0 Å². The molecule has 0 aromatic heterocycles. The van der Waals surface area contributed by atoms with Crippen LogP contribution in [0.1, 0.15) is 29.9 Å². The highest BCUT2D eigenvalue weighted by Crippen LogP contribution is 2.50. The average Bonchev–Trinajstić information content (AvgIpc) is 3.08. The highest BCUT2D eigenvalue weighted by molar-refractivity contribution is 6.30. The lowest BCUT2D eigenvalue weighted by molar-refractivity contribution is -0.137. The predicted octanol–water partition coefficient (Wildman–Crippen LogP) is 4.19. The van der Waals surface area contributed by atoms with Crippen molar-refractivity contribution in [3.8, 4) is 0 Å². The monoisotopic (exact) mass is 412 g/mol. The van der Waals surface area contributed by atoms with E-state index in [2.05, 4.69) is 47.4 Å². The van der Waals surface area contributed by atoms with Crippen LogP contribution in [0.15, 0.2) is 54.6 Å². The number of amides is 1. The van der Waals surface area contributed by atoms with Gasteiger partial charge in [-0.25, -0.2) is 0 Å². The smallest absolute Gasteiger partial charge is 0.248 e. The van der Waals surface area contributed by atoms with Gasteiger partial charge in [-0.15, -0.1) is 0 Å². The standard InChI is InChI=1S/C24H29ClN2O2/c1-29-17-23(28)27-13-11-24(12-14-27)18-26(15-19-7-9-21(25)10-8-19)16-22(24)20-5-3-2-4-6-20/h2-10,22H,11-18H2,1H3/t22-/m1/s1. The lowest BCUT2D eigenvalue weighted by Gasteiger charge is -2.43. The van der Waals surface area contributed by atoms with Crippen molar-refractivity contribution in [2.75, 3.05) is 39.9 Å². The molecular formula is C24H29ClN2O2. The lowest BCUT2D eigenvalue weighted by Crippen LogP contribution is -2.47. The van der Waals surface area contributed by atoms with Crippen molar-refractivity contribution < 1.29 is 9.53 Å². The van der Waals surface area contributed by atoms with Crippen LogP contribution in [-0.4, -0.2) is 55.6 Å². The second kappa shape index (κ2) is 8.86. The quantitative estimate of drug-likeness (QED) is 0.738. The minimum absolute atomic E-state index is 0.106. The first-order chi connectivity index (χ1) is 14.1. The Labute approximate surface area is 178 Å². The third-order valence-corrected chi connectivity index (χ3v) is 6.87. The van der Waals surface area contributed by atoms with Crippen LogP contribution in [0, 0.1) is 5.41 Å². The Bertz CT molecular complexity index is 817. The molecule has 0 aliphatic carbocycles. The van der Waals surface area contributed by atoms with Crippen molar-refractivity contribution in [1.29, 1.82) is 0 Å². The van der Waals surface area contributed by atoms with E-state index in [1.807, 2.05) is 17.0 Å². The molecule has 4 nitrogen and oxygen atoms in total. The SMILES string of the molecule is COCC(=O)N1CCC2(CC1)CN(Cc1ccc(Cl)cc1)C[C@@H]2c1ccccc1. The molecule has 2 aliphatic heterocycles. The molecule has 5 heteroatoms. The molecule has 0 saturated carbocycles. The highest BCUT2D eigenvalue weighted by Gasteiger charge is 2.48. The van der Waals surface area contributed by atoms with Crippen LogP contribution in [0.5, 0.6) is 0 Å². The van der Waals surface area contributed by atoms with Crippen LogP contribution in [-0.2, 0) is 16.1 Å². The van der Waals surface area contributed by atoms with Gasteiger partial charge in [0.25, 0.3) is 0 Å². The third kappa shape index (κ3) is 4.50. The second-order valence-electron chi connectivity index (χ2n) is 8.44. The highest BCUT2D eigenvalue weighted by atomic mass is 35.5. The fourth-order valence-electron chi connectivity index (χ4n) is 5.11. The zero-order valence-corrected chi connectivity index (χ0v) is 17.8. The molecule has 2 saturated heterocycles. The molecule has 0 unspecified atom stereocenters. The minimum Gasteiger partial charge on any atom is -0.375 e. The number of benzene rings is 2. The molecule has 2 aromatic rings. The summed E-state index contributed by atoms with van der Waals surface area (Å²) in [7, 11) is 1.58. The number of halogens is 1. The van der Waals surface area contributed by atoms with Gasteiger partial charge in [-0.3, -0.25) is 9.69 Å². The maximum Gasteiger partial charge on any atom is 0.248 e. The zero-order chi connectivity index (χ0) is 20.3. The number of nitrogens with zero attached hydrogens (tertiary/aromatic N) is 2. The Morgan fingerprint density at radius 2 is 1.79 bits per heavy atom. The Balaban J connectivity index is 1.52. The number of hydrogen-bond acceptors (Lipinski definition) is 3. The normalized spacial score (nSPS) is 21.6. The van der Waals surface area contributed by atoms with Crippen LogP contribution in [0.2, 0.25) is 5.02 Å². The van der Waals surface area contributed by atoms with Crippen molar-refractivity contribution in [3.05, 3.63) is 70.7 Å². The fourth-order valence-corrected chi connectivity index (χ4v) is 5.23. The number of rotatable bonds is 5. The summed E-state index contributed by atoms with van der Waals surface area (Å²) in [4.78, 5) is 16.8. The van der Waals surface area contributed by atoms with E-state index in [1.165, 1.54) is 11.1 Å². The molecule has 0 bridgehead atoms. The van der Waals surface area contributed by atoms with E-state index in [0.29, 0.717) is 5.92 Å². The van der Waals surface area contributed by atoms with Crippen LogP contribution < -0.4 is 0 Å². The molecule has 1 spiro atoms. The summed E-state index contributed by atoms with van der Waals surface area (Å²) in [5, 5.41) is 0.780. The summed E-state index contributed by atoms with van der Waals surface area (Å²) in [6, 6.07) is 19.1. The first kappa shape index (κ1) is 20.4. The van der Waals surface area contributed by atoms with Gasteiger partial charge in [-0.2, -0.15) is 0 Å². The maximum atomic E-state index is 12.3.